The molecule has 1 aromatic rings. The highest BCUT2D eigenvalue weighted by atomic mass is 79.9. The molecule has 1 aliphatic carbocycles. The molecule has 0 heterocycles. The molecule has 1 saturated carbocycles. The predicted octanol–water partition coefficient (Wildman–Crippen LogP) is 1.69. The van der Waals surface area contributed by atoms with Crippen molar-refractivity contribution in [3.05, 3.63) is 27.7 Å². The summed E-state index contributed by atoms with van der Waals surface area (Å²) < 4.78 is 23.5. The zero-order chi connectivity index (χ0) is 14.4. The number of nitrogens with one attached hydrogen (secondary N) is 1. The number of benzene rings is 1. The van der Waals surface area contributed by atoms with E-state index in [0.717, 1.165) is 12.8 Å². The Morgan fingerprint density at radius 3 is 2.47 bits per heavy atom. The van der Waals surface area contributed by atoms with Gasteiger partial charge in [0.25, 0.3) is 5.91 Å². The summed E-state index contributed by atoms with van der Waals surface area (Å²) >= 11 is 3.20. The third-order valence-corrected chi connectivity index (χ3v) is 4.79. The fourth-order valence-corrected chi connectivity index (χ4v) is 3.28. The summed E-state index contributed by atoms with van der Waals surface area (Å²) in [4.78, 5) is 12.2. The average molecular weight is 347 g/mol. The van der Waals surface area contributed by atoms with E-state index >= 15 is 0 Å². The van der Waals surface area contributed by atoms with Crippen LogP contribution >= 0.6 is 15.9 Å². The van der Waals surface area contributed by atoms with Gasteiger partial charge in [0.05, 0.1) is 4.90 Å². The quantitative estimate of drug-likeness (QED) is 0.872. The van der Waals surface area contributed by atoms with Crippen LogP contribution in [0.2, 0.25) is 0 Å². The van der Waals surface area contributed by atoms with E-state index in [9.17, 15) is 13.2 Å². The van der Waals surface area contributed by atoms with Gasteiger partial charge in [0.1, 0.15) is 0 Å². The fraction of sp³-hybridized carbons (Fsp3) is 0.417. The Balaban J connectivity index is 2.46. The lowest BCUT2D eigenvalue weighted by atomic mass is 10.1. The zero-order valence-corrected chi connectivity index (χ0v) is 13.1. The second kappa shape index (κ2) is 4.57. The molecular weight excluding hydrogens is 332 g/mol. The lowest BCUT2D eigenvalue weighted by Crippen LogP contribution is -2.34. The standard InChI is InChI=1S/C12H15BrN2O3S/c1-7-9(11(16)15-12(2)3-4-12)5-8(13)6-10(7)19(14,17)18/h5-6H,3-4H2,1-2H3,(H,15,16)(H2,14,17,18). The second-order valence-corrected chi connectivity index (χ2v) is 7.58. The van der Waals surface area contributed by atoms with Crippen LogP contribution in [0.1, 0.15) is 35.7 Å². The molecule has 0 saturated heterocycles. The van der Waals surface area contributed by atoms with Gasteiger partial charge in [-0.15, -0.1) is 0 Å². The molecule has 1 aromatic carbocycles. The Morgan fingerprint density at radius 2 is 2.00 bits per heavy atom. The molecule has 7 heteroatoms. The largest absolute Gasteiger partial charge is 0.347 e. The highest BCUT2D eigenvalue weighted by molar-refractivity contribution is 9.10. The summed E-state index contributed by atoms with van der Waals surface area (Å²) in [5.41, 5.74) is 0.534. The topological polar surface area (TPSA) is 89.3 Å². The first-order chi connectivity index (χ1) is 8.62. The van der Waals surface area contributed by atoms with Crippen molar-refractivity contribution in [1.82, 2.24) is 5.32 Å². The summed E-state index contributed by atoms with van der Waals surface area (Å²) in [5, 5.41) is 8.05. The monoisotopic (exact) mass is 346 g/mol. The van der Waals surface area contributed by atoms with Crippen molar-refractivity contribution in [3.8, 4) is 0 Å². The van der Waals surface area contributed by atoms with E-state index in [-0.39, 0.29) is 16.3 Å². The normalized spacial score (nSPS) is 17.1. The molecule has 0 spiro atoms. The van der Waals surface area contributed by atoms with Gasteiger partial charge >= 0.3 is 0 Å². The molecule has 0 aromatic heterocycles. The number of hydrogen-bond acceptors (Lipinski definition) is 3. The van der Waals surface area contributed by atoms with Crippen LogP contribution in [-0.4, -0.2) is 19.9 Å². The molecule has 104 valence electrons. The maximum atomic E-state index is 12.2. The van der Waals surface area contributed by atoms with Crippen LogP contribution < -0.4 is 10.5 Å². The van der Waals surface area contributed by atoms with Crippen LogP contribution in [0.25, 0.3) is 0 Å². The number of amides is 1. The SMILES string of the molecule is Cc1c(C(=O)NC2(C)CC2)cc(Br)cc1S(N)(=O)=O. The molecule has 1 amide bonds. The van der Waals surface area contributed by atoms with Crippen LogP contribution in [0, 0.1) is 6.92 Å². The van der Waals surface area contributed by atoms with Crippen molar-refractivity contribution in [3.63, 3.8) is 0 Å². The van der Waals surface area contributed by atoms with Gasteiger partial charge < -0.3 is 5.32 Å². The van der Waals surface area contributed by atoms with Gasteiger partial charge in [-0.2, -0.15) is 0 Å². The molecule has 5 nitrogen and oxygen atoms in total. The van der Waals surface area contributed by atoms with Crippen LogP contribution in [0.3, 0.4) is 0 Å². The number of primary sulfonamides is 1. The number of halogens is 1. The Bertz CT molecular complexity index is 651. The second-order valence-electron chi connectivity index (χ2n) is 5.14. The molecular formula is C12H15BrN2O3S. The van der Waals surface area contributed by atoms with E-state index < -0.39 is 10.0 Å². The number of hydrogen-bond donors (Lipinski definition) is 2. The Kier molecular flexibility index (Phi) is 3.49. The molecule has 2 rings (SSSR count). The van der Waals surface area contributed by atoms with Gasteiger partial charge in [-0.1, -0.05) is 15.9 Å². The van der Waals surface area contributed by atoms with E-state index in [4.69, 9.17) is 5.14 Å². The number of carbonyl (C=O) groups excluding carboxylic acids is 1. The van der Waals surface area contributed by atoms with Crippen molar-refractivity contribution in [2.75, 3.05) is 0 Å². The minimum atomic E-state index is -3.85. The van der Waals surface area contributed by atoms with Crippen molar-refractivity contribution in [2.24, 2.45) is 5.14 Å². The third-order valence-electron chi connectivity index (χ3n) is 3.29. The molecule has 1 fully saturated rings. The molecule has 0 radical (unpaired) electrons. The highest BCUT2D eigenvalue weighted by Gasteiger charge is 2.39. The van der Waals surface area contributed by atoms with Gasteiger partial charge in [-0.05, 0) is 44.4 Å². The van der Waals surface area contributed by atoms with Gasteiger partial charge in [0, 0.05) is 15.6 Å². The molecule has 0 atom stereocenters. The molecule has 19 heavy (non-hydrogen) atoms. The smallest absolute Gasteiger partial charge is 0.252 e. The van der Waals surface area contributed by atoms with Crippen molar-refractivity contribution in [2.45, 2.75) is 37.1 Å². The van der Waals surface area contributed by atoms with E-state index in [0.29, 0.717) is 15.6 Å². The number of sulfonamides is 1. The van der Waals surface area contributed by atoms with Crippen molar-refractivity contribution >= 4 is 31.9 Å². The molecule has 0 unspecified atom stereocenters. The highest BCUT2D eigenvalue weighted by Crippen LogP contribution is 2.35. The lowest BCUT2D eigenvalue weighted by Gasteiger charge is -2.15. The minimum Gasteiger partial charge on any atom is -0.347 e. The zero-order valence-electron chi connectivity index (χ0n) is 10.7. The van der Waals surface area contributed by atoms with Crippen LogP contribution in [0.15, 0.2) is 21.5 Å². The van der Waals surface area contributed by atoms with E-state index in [2.05, 4.69) is 21.2 Å². The van der Waals surface area contributed by atoms with E-state index in [1.54, 1.807) is 13.0 Å². The number of nitrogens with two attached hydrogens (primary N) is 1. The van der Waals surface area contributed by atoms with E-state index in [1.807, 2.05) is 6.92 Å². The molecule has 0 bridgehead atoms. The van der Waals surface area contributed by atoms with Gasteiger partial charge in [0.2, 0.25) is 10.0 Å². The summed E-state index contributed by atoms with van der Waals surface area (Å²) in [6, 6.07) is 3.01. The van der Waals surface area contributed by atoms with Crippen molar-refractivity contribution < 1.29 is 13.2 Å². The fourth-order valence-electron chi connectivity index (χ4n) is 1.84. The lowest BCUT2D eigenvalue weighted by molar-refractivity contribution is 0.0934. The summed E-state index contributed by atoms with van der Waals surface area (Å²) in [6.07, 6.45) is 1.88. The summed E-state index contributed by atoms with van der Waals surface area (Å²) in [6.45, 7) is 3.54. The first-order valence-corrected chi connectivity index (χ1v) is 8.12. The minimum absolute atomic E-state index is 0.0343. The maximum Gasteiger partial charge on any atom is 0.252 e. The maximum absolute atomic E-state index is 12.2. The summed E-state index contributed by atoms with van der Waals surface area (Å²) in [5.74, 6) is -0.274. The number of rotatable bonds is 3. The Morgan fingerprint density at radius 1 is 1.42 bits per heavy atom. The third kappa shape index (κ3) is 3.16. The van der Waals surface area contributed by atoms with Gasteiger partial charge in [0.15, 0.2) is 0 Å². The Labute approximate surface area is 120 Å². The van der Waals surface area contributed by atoms with Crippen LogP contribution in [0.4, 0.5) is 0 Å². The first kappa shape index (κ1) is 14.5. The molecule has 3 N–H and O–H groups in total. The number of carbonyl (C=O) groups is 1. The van der Waals surface area contributed by atoms with Gasteiger partial charge in [-0.3, -0.25) is 4.79 Å². The van der Waals surface area contributed by atoms with E-state index in [1.165, 1.54) is 6.07 Å². The van der Waals surface area contributed by atoms with Crippen LogP contribution in [-0.2, 0) is 10.0 Å². The predicted molar refractivity (Wildman–Crippen MR) is 75.4 cm³/mol. The molecule has 1 aliphatic rings. The first-order valence-electron chi connectivity index (χ1n) is 5.78. The van der Waals surface area contributed by atoms with Crippen molar-refractivity contribution in [1.29, 1.82) is 0 Å². The Hall–Kier alpha value is -0.920. The summed E-state index contributed by atoms with van der Waals surface area (Å²) in [7, 11) is -3.85. The molecule has 0 aliphatic heterocycles. The average Bonchev–Trinajstić information content (AvgIpc) is 2.97. The van der Waals surface area contributed by atoms with Crippen LogP contribution in [0.5, 0.6) is 0 Å². The van der Waals surface area contributed by atoms with Gasteiger partial charge in [-0.25, -0.2) is 13.6 Å².